The van der Waals surface area contributed by atoms with Crippen molar-refractivity contribution in [2.24, 2.45) is 0 Å². The van der Waals surface area contributed by atoms with Crippen molar-refractivity contribution >= 4 is 0 Å². The van der Waals surface area contributed by atoms with E-state index in [4.69, 9.17) is 0 Å². The molecule has 0 aliphatic carbocycles. The Morgan fingerprint density at radius 2 is 1.47 bits per heavy atom. The summed E-state index contributed by atoms with van der Waals surface area (Å²) in [6.45, 7) is 13.9. The summed E-state index contributed by atoms with van der Waals surface area (Å²) in [5.74, 6) is 0.417. The number of benzene rings is 1. The van der Waals surface area contributed by atoms with Gasteiger partial charge in [-0.3, -0.25) is 0 Å². The summed E-state index contributed by atoms with van der Waals surface area (Å²) in [6, 6.07) is 1.96. The van der Waals surface area contributed by atoms with Gasteiger partial charge in [-0.05, 0) is 48.9 Å². The first-order chi connectivity index (χ1) is 6.95. The van der Waals surface area contributed by atoms with E-state index in [9.17, 15) is 4.39 Å². The molecule has 1 rings (SSSR count). The second-order valence-electron chi connectivity index (χ2n) is 4.00. The minimum atomic E-state index is -0.0538. The predicted molar refractivity (Wildman–Crippen MR) is 66.0 cm³/mol. The van der Waals surface area contributed by atoms with Gasteiger partial charge in [0.2, 0.25) is 0 Å². The van der Waals surface area contributed by atoms with Gasteiger partial charge in [-0.15, -0.1) is 0 Å². The third-order valence-electron chi connectivity index (χ3n) is 2.66. The summed E-state index contributed by atoms with van der Waals surface area (Å²) >= 11 is 0. The van der Waals surface area contributed by atoms with Gasteiger partial charge in [0.15, 0.2) is 0 Å². The van der Waals surface area contributed by atoms with Crippen molar-refractivity contribution in [1.82, 2.24) is 0 Å². The van der Waals surface area contributed by atoms with Crippen LogP contribution in [0.5, 0.6) is 0 Å². The van der Waals surface area contributed by atoms with Crippen LogP contribution in [-0.2, 0) is 0 Å². The number of halogens is 1. The van der Waals surface area contributed by atoms with Crippen molar-refractivity contribution in [2.75, 3.05) is 0 Å². The summed E-state index contributed by atoms with van der Waals surface area (Å²) in [4.78, 5) is 0. The van der Waals surface area contributed by atoms with Crippen molar-refractivity contribution in [3.63, 3.8) is 0 Å². The molecule has 0 amide bonds. The predicted octanol–water partition coefficient (Wildman–Crippen LogP) is 4.90. The Kier molecular flexibility index (Phi) is 5.56. The quantitative estimate of drug-likeness (QED) is 0.618. The molecule has 1 aromatic rings. The van der Waals surface area contributed by atoms with E-state index in [2.05, 4.69) is 13.8 Å². The third-order valence-corrected chi connectivity index (χ3v) is 2.66. The van der Waals surface area contributed by atoms with Crippen LogP contribution in [0.2, 0.25) is 0 Å². The molecule has 0 fully saturated rings. The Bertz CT molecular complexity index is 325. The molecule has 0 atom stereocenters. The SMILES string of the molecule is CC.Cc1cc(C(C)C)c(C)c(C)c1F. The van der Waals surface area contributed by atoms with Crippen LogP contribution in [0.15, 0.2) is 6.07 Å². The standard InChI is InChI=1S/C12H17F.C2H6/c1-7(2)11-6-8(3)12(13)10(5)9(11)4;1-2/h6-7H,1-5H3;1-2H3. The Hall–Kier alpha value is -0.850. The van der Waals surface area contributed by atoms with Crippen LogP contribution in [0.3, 0.4) is 0 Å². The van der Waals surface area contributed by atoms with Crippen molar-refractivity contribution in [3.8, 4) is 0 Å². The van der Waals surface area contributed by atoms with Crippen LogP contribution in [-0.4, -0.2) is 0 Å². The molecule has 86 valence electrons. The largest absolute Gasteiger partial charge is 0.206 e. The van der Waals surface area contributed by atoms with Crippen LogP contribution in [0.25, 0.3) is 0 Å². The summed E-state index contributed by atoms with van der Waals surface area (Å²) in [5, 5.41) is 0. The van der Waals surface area contributed by atoms with Crippen LogP contribution in [0.4, 0.5) is 4.39 Å². The molecule has 1 heteroatoms. The van der Waals surface area contributed by atoms with Crippen LogP contribution in [0, 0.1) is 26.6 Å². The maximum Gasteiger partial charge on any atom is 0.129 e. The van der Waals surface area contributed by atoms with E-state index in [1.54, 1.807) is 0 Å². The maximum absolute atomic E-state index is 13.4. The lowest BCUT2D eigenvalue weighted by Gasteiger charge is -2.14. The normalized spacial score (nSPS) is 9.93. The highest BCUT2D eigenvalue weighted by molar-refractivity contribution is 5.40. The lowest BCUT2D eigenvalue weighted by molar-refractivity contribution is 0.605. The van der Waals surface area contributed by atoms with Crippen molar-refractivity contribution in [2.45, 2.75) is 54.4 Å². The molecule has 1 aromatic carbocycles. The first-order valence-electron chi connectivity index (χ1n) is 5.71. The monoisotopic (exact) mass is 210 g/mol. The van der Waals surface area contributed by atoms with Gasteiger partial charge < -0.3 is 0 Å². The first kappa shape index (κ1) is 14.2. The van der Waals surface area contributed by atoms with Gasteiger partial charge in [0.05, 0.1) is 0 Å². The lowest BCUT2D eigenvalue weighted by Crippen LogP contribution is -1.99. The molecule has 0 saturated carbocycles. The highest BCUT2D eigenvalue weighted by Crippen LogP contribution is 2.25. The third kappa shape index (κ3) is 3.05. The van der Waals surface area contributed by atoms with Crippen molar-refractivity contribution in [1.29, 1.82) is 0 Å². The number of rotatable bonds is 1. The summed E-state index contributed by atoms with van der Waals surface area (Å²) in [7, 11) is 0. The topological polar surface area (TPSA) is 0 Å². The summed E-state index contributed by atoms with van der Waals surface area (Å²) in [5.41, 5.74) is 3.91. The Morgan fingerprint density at radius 1 is 1.00 bits per heavy atom. The molecular formula is C14H23F. The zero-order chi connectivity index (χ0) is 12.2. The van der Waals surface area contributed by atoms with Gasteiger partial charge >= 0.3 is 0 Å². The number of hydrogen-bond donors (Lipinski definition) is 0. The molecule has 0 N–H and O–H groups in total. The number of hydrogen-bond acceptors (Lipinski definition) is 0. The van der Waals surface area contributed by atoms with E-state index in [-0.39, 0.29) is 5.82 Å². The van der Waals surface area contributed by atoms with Gasteiger partial charge in [0.25, 0.3) is 0 Å². The van der Waals surface area contributed by atoms with Crippen molar-refractivity contribution < 1.29 is 4.39 Å². The Labute approximate surface area is 93.5 Å². The maximum atomic E-state index is 13.4. The second kappa shape index (κ2) is 5.89. The minimum Gasteiger partial charge on any atom is -0.206 e. The van der Waals surface area contributed by atoms with E-state index in [1.165, 1.54) is 5.56 Å². The zero-order valence-electron chi connectivity index (χ0n) is 11.0. The molecule has 0 aliphatic heterocycles. The van der Waals surface area contributed by atoms with E-state index in [1.807, 2.05) is 40.7 Å². The highest BCUT2D eigenvalue weighted by atomic mass is 19.1. The fourth-order valence-electron chi connectivity index (χ4n) is 1.68. The molecule has 0 saturated heterocycles. The summed E-state index contributed by atoms with van der Waals surface area (Å²) in [6.07, 6.45) is 0. The van der Waals surface area contributed by atoms with Gasteiger partial charge in [0, 0.05) is 0 Å². The van der Waals surface area contributed by atoms with E-state index in [0.717, 1.165) is 16.7 Å². The van der Waals surface area contributed by atoms with E-state index in [0.29, 0.717) is 5.92 Å². The molecule has 0 spiro atoms. The first-order valence-corrected chi connectivity index (χ1v) is 5.71. The van der Waals surface area contributed by atoms with Crippen LogP contribution < -0.4 is 0 Å². The van der Waals surface area contributed by atoms with Crippen LogP contribution in [0.1, 0.15) is 55.9 Å². The van der Waals surface area contributed by atoms with Crippen molar-refractivity contribution in [3.05, 3.63) is 34.1 Å². The molecule has 0 aliphatic rings. The fraction of sp³-hybridized carbons (Fsp3) is 0.571. The van der Waals surface area contributed by atoms with Gasteiger partial charge in [-0.1, -0.05) is 33.8 Å². The van der Waals surface area contributed by atoms with E-state index >= 15 is 0 Å². The molecule has 0 nitrogen and oxygen atoms in total. The Balaban J connectivity index is 0.000000921. The molecule has 0 radical (unpaired) electrons. The minimum absolute atomic E-state index is 0.0538. The summed E-state index contributed by atoms with van der Waals surface area (Å²) < 4.78 is 13.4. The molecule has 0 bridgehead atoms. The molecule has 0 aromatic heterocycles. The molecule has 0 unspecified atom stereocenters. The number of aryl methyl sites for hydroxylation is 1. The Morgan fingerprint density at radius 3 is 1.87 bits per heavy atom. The second-order valence-corrected chi connectivity index (χ2v) is 4.00. The van der Waals surface area contributed by atoms with Gasteiger partial charge in [-0.2, -0.15) is 0 Å². The molecule has 15 heavy (non-hydrogen) atoms. The van der Waals surface area contributed by atoms with Gasteiger partial charge in [-0.25, -0.2) is 4.39 Å². The molecular weight excluding hydrogens is 187 g/mol. The highest BCUT2D eigenvalue weighted by Gasteiger charge is 2.11. The average molecular weight is 210 g/mol. The average Bonchev–Trinajstić information content (AvgIpc) is 2.23. The van der Waals surface area contributed by atoms with Crippen LogP contribution >= 0.6 is 0 Å². The zero-order valence-corrected chi connectivity index (χ0v) is 11.0. The van der Waals surface area contributed by atoms with Gasteiger partial charge in [0.1, 0.15) is 5.82 Å². The fourth-order valence-corrected chi connectivity index (χ4v) is 1.68. The smallest absolute Gasteiger partial charge is 0.129 e. The molecule has 0 heterocycles. The van der Waals surface area contributed by atoms with E-state index < -0.39 is 0 Å². The lowest BCUT2D eigenvalue weighted by atomic mass is 9.92.